The average molecular weight is 335 g/mol. The van der Waals surface area contributed by atoms with Crippen molar-refractivity contribution in [1.29, 1.82) is 0 Å². The fourth-order valence-corrected chi connectivity index (χ4v) is 3.10. The molecule has 0 N–H and O–H groups in total. The van der Waals surface area contributed by atoms with Crippen molar-refractivity contribution in [3.05, 3.63) is 58.9 Å². The molecule has 5 heteroatoms. The van der Waals surface area contributed by atoms with E-state index in [9.17, 15) is 4.39 Å². The average Bonchev–Trinajstić information content (AvgIpc) is 2.59. The molecule has 0 saturated carbocycles. The minimum Gasteiger partial charge on any atom is -0.497 e. The van der Waals surface area contributed by atoms with E-state index in [0.717, 1.165) is 37.6 Å². The van der Waals surface area contributed by atoms with Crippen LogP contribution >= 0.6 is 11.6 Å². The molecule has 0 radical (unpaired) electrons. The summed E-state index contributed by atoms with van der Waals surface area (Å²) < 4.78 is 19.2. The fourth-order valence-electron chi connectivity index (χ4n) is 2.88. The van der Waals surface area contributed by atoms with Crippen molar-refractivity contribution in [3.8, 4) is 5.75 Å². The Bertz CT molecular complexity index is 652. The molecule has 1 fully saturated rings. The number of benzene rings is 2. The van der Waals surface area contributed by atoms with Gasteiger partial charge in [-0.1, -0.05) is 23.7 Å². The van der Waals surface area contributed by atoms with Gasteiger partial charge in [-0.2, -0.15) is 0 Å². The van der Waals surface area contributed by atoms with Crippen LogP contribution in [0.25, 0.3) is 0 Å². The fraction of sp³-hybridized carbons (Fsp3) is 0.333. The Morgan fingerprint density at radius 1 is 1.09 bits per heavy atom. The normalized spacial score (nSPS) is 15.7. The summed E-state index contributed by atoms with van der Waals surface area (Å²) >= 11 is 6.12. The van der Waals surface area contributed by atoms with Crippen molar-refractivity contribution in [3.63, 3.8) is 0 Å². The smallest absolute Gasteiger partial charge is 0.129 e. The predicted molar refractivity (Wildman–Crippen MR) is 91.9 cm³/mol. The van der Waals surface area contributed by atoms with E-state index in [1.807, 2.05) is 18.2 Å². The van der Waals surface area contributed by atoms with Crippen LogP contribution in [0.1, 0.15) is 5.56 Å². The summed E-state index contributed by atoms with van der Waals surface area (Å²) in [7, 11) is 1.68. The molecule has 0 amide bonds. The highest BCUT2D eigenvalue weighted by Crippen LogP contribution is 2.24. The highest BCUT2D eigenvalue weighted by Gasteiger charge is 2.19. The molecule has 0 bridgehead atoms. The first-order valence-electron chi connectivity index (χ1n) is 7.71. The van der Waals surface area contributed by atoms with Gasteiger partial charge in [0.25, 0.3) is 0 Å². The molecular formula is C18H20ClFN2O. The summed E-state index contributed by atoms with van der Waals surface area (Å²) in [6, 6.07) is 12.9. The van der Waals surface area contributed by atoms with Gasteiger partial charge in [-0.25, -0.2) is 4.39 Å². The van der Waals surface area contributed by atoms with Gasteiger partial charge in [-0.15, -0.1) is 0 Å². The van der Waals surface area contributed by atoms with Crippen molar-refractivity contribution >= 4 is 17.3 Å². The molecule has 3 rings (SSSR count). The van der Waals surface area contributed by atoms with Crippen molar-refractivity contribution in [2.75, 3.05) is 38.2 Å². The first-order valence-corrected chi connectivity index (χ1v) is 8.09. The second kappa shape index (κ2) is 7.20. The highest BCUT2D eigenvalue weighted by molar-refractivity contribution is 6.31. The lowest BCUT2D eigenvalue weighted by atomic mass is 10.1. The molecule has 0 aromatic heterocycles. The Morgan fingerprint density at radius 2 is 1.83 bits per heavy atom. The third-order valence-electron chi connectivity index (χ3n) is 4.23. The second-order valence-corrected chi connectivity index (χ2v) is 6.07. The predicted octanol–water partition coefficient (Wildman–Crippen LogP) is 3.81. The lowest BCUT2D eigenvalue weighted by molar-refractivity contribution is 0.246. The van der Waals surface area contributed by atoms with Gasteiger partial charge in [0.15, 0.2) is 0 Å². The summed E-state index contributed by atoms with van der Waals surface area (Å²) in [6.07, 6.45) is 0. The van der Waals surface area contributed by atoms with Crippen LogP contribution in [0.3, 0.4) is 0 Å². The summed E-state index contributed by atoms with van der Waals surface area (Å²) in [5.41, 5.74) is 1.75. The molecule has 0 unspecified atom stereocenters. The molecule has 122 valence electrons. The lowest BCUT2D eigenvalue weighted by Gasteiger charge is -2.36. The minimum absolute atomic E-state index is 0.229. The topological polar surface area (TPSA) is 15.7 Å². The molecule has 2 aromatic rings. The van der Waals surface area contributed by atoms with Crippen LogP contribution in [0.15, 0.2) is 42.5 Å². The van der Waals surface area contributed by atoms with Crippen molar-refractivity contribution < 1.29 is 9.13 Å². The molecular weight excluding hydrogens is 315 g/mol. The molecule has 0 atom stereocenters. The van der Waals surface area contributed by atoms with Crippen molar-refractivity contribution in [2.45, 2.75) is 6.54 Å². The zero-order chi connectivity index (χ0) is 16.2. The maximum Gasteiger partial charge on any atom is 0.129 e. The Kier molecular flexibility index (Phi) is 5.03. The number of hydrogen-bond acceptors (Lipinski definition) is 3. The summed E-state index contributed by atoms with van der Waals surface area (Å²) in [5.74, 6) is 0.635. The number of hydrogen-bond donors (Lipinski definition) is 0. The van der Waals surface area contributed by atoms with Gasteiger partial charge in [0.05, 0.1) is 7.11 Å². The zero-order valence-corrected chi connectivity index (χ0v) is 13.9. The van der Waals surface area contributed by atoms with E-state index in [-0.39, 0.29) is 5.82 Å². The lowest BCUT2D eigenvalue weighted by Crippen LogP contribution is -2.46. The number of anilines is 1. The van der Waals surface area contributed by atoms with E-state index in [1.54, 1.807) is 19.2 Å². The van der Waals surface area contributed by atoms with Gasteiger partial charge in [0.2, 0.25) is 0 Å². The molecule has 1 aliphatic heterocycles. The third-order valence-corrected chi connectivity index (χ3v) is 4.59. The number of methoxy groups -OCH3 is 1. The van der Waals surface area contributed by atoms with Crippen LogP contribution in [0, 0.1) is 5.82 Å². The van der Waals surface area contributed by atoms with Gasteiger partial charge >= 0.3 is 0 Å². The molecule has 23 heavy (non-hydrogen) atoms. The molecule has 2 aromatic carbocycles. The third kappa shape index (κ3) is 3.77. The summed E-state index contributed by atoms with van der Waals surface area (Å²) in [5, 5.41) is 0.500. The number of halogens is 2. The molecule has 1 aliphatic rings. The first kappa shape index (κ1) is 16.1. The Labute approximate surface area is 141 Å². The van der Waals surface area contributed by atoms with Crippen LogP contribution in [0.4, 0.5) is 10.1 Å². The molecule has 0 spiro atoms. The van der Waals surface area contributed by atoms with Gasteiger partial charge in [-0.05, 0) is 24.3 Å². The second-order valence-electron chi connectivity index (χ2n) is 5.66. The minimum atomic E-state index is -0.229. The Morgan fingerprint density at radius 3 is 2.52 bits per heavy atom. The van der Waals surface area contributed by atoms with E-state index in [4.69, 9.17) is 16.3 Å². The number of rotatable bonds is 4. The number of ether oxygens (including phenoxy) is 1. The van der Waals surface area contributed by atoms with E-state index in [0.29, 0.717) is 17.1 Å². The Hall–Kier alpha value is -1.78. The summed E-state index contributed by atoms with van der Waals surface area (Å²) in [4.78, 5) is 4.56. The van der Waals surface area contributed by atoms with E-state index >= 15 is 0 Å². The van der Waals surface area contributed by atoms with Gasteiger partial charge in [0.1, 0.15) is 11.6 Å². The number of nitrogens with zero attached hydrogens (tertiary/aromatic N) is 2. The molecule has 1 saturated heterocycles. The van der Waals surface area contributed by atoms with E-state index in [1.165, 1.54) is 6.07 Å². The molecule has 3 nitrogen and oxygen atoms in total. The standard InChI is InChI=1S/C18H20ClFN2O/c1-23-15-5-2-4-14(12-15)22-10-8-21(9-11-22)13-16-17(19)6-3-7-18(16)20/h2-7,12H,8-11,13H2,1H3. The van der Waals surface area contributed by atoms with Gasteiger partial charge in [-0.3, -0.25) is 4.90 Å². The van der Waals surface area contributed by atoms with Crippen molar-refractivity contribution in [2.24, 2.45) is 0 Å². The van der Waals surface area contributed by atoms with E-state index < -0.39 is 0 Å². The van der Waals surface area contributed by atoms with Gasteiger partial charge in [0, 0.05) is 55.1 Å². The quantitative estimate of drug-likeness (QED) is 0.845. The first-order chi connectivity index (χ1) is 11.2. The number of piperazine rings is 1. The SMILES string of the molecule is COc1cccc(N2CCN(Cc3c(F)cccc3Cl)CC2)c1. The van der Waals surface area contributed by atoms with Crippen LogP contribution < -0.4 is 9.64 Å². The van der Waals surface area contributed by atoms with Crippen LogP contribution in [0.2, 0.25) is 5.02 Å². The van der Waals surface area contributed by atoms with E-state index in [2.05, 4.69) is 15.9 Å². The van der Waals surface area contributed by atoms with Gasteiger partial charge < -0.3 is 9.64 Å². The van der Waals surface area contributed by atoms with Crippen LogP contribution in [-0.2, 0) is 6.54 Å². The highest BCUT2D eigenvalue weighted by atomic mass is 35.5. The molecule has 1 heterocycles. The maximum absolute atomic E-state index is 13.9. The largest absolute Gasteiger partial charge is 0.497 e. The monoisotopic (exact) mass is 334 g/mol. The van der Waals surface area contributed by atoms with Crippen LogP contribution in [-0.4, -0.2) is 38.2 Å². The summed E-state index contributed by atoms with van der Waals surface area (Å²) in [6.45, 7) is 4.11. The zero-order valence-electron chi connectivity index (χ0n) is 13.1. The molecule has 0 aliphatic carbocycles. The van der Waals surface area contributed by atoms with Crippen molar-refractivity contribution in [1.82, 2.24) is 4.90 Å². The van der Waals surface area contributed by atoms with Crippen LogP contribution in [0.5, 0.6) is 5.75 Å². The maximum atomic E-state index is 13.9. The Balaban J connectivity index is 1.62.